The maximum atomic E-state index is 13.4. The van der Waals surface area contributed by atoms with Crippen molar-refractivity contribution in [2.24, 2.45) is 0 Å². The molecule has 0 fully saturated rings. The molecule has 0 bridgehead atoms. The standard InChI is InChI=1S/C14H11F2NO2/c1-19-10-5-2-4-9(8-10)17-14(18)11-6-3-7-12(15)13(11)16/h2-8H,1H3,(H,17,18). The smallest absolute Gasteiger partial charge is 0.258 e. The normalized spacial score (nSPS) is 10.1. The van der Waals surface area contributed by atoms with Crippen molar-refractivity contribution in [1.29, 1.82) is 0 Å². The van der Waals surface area contributed by atoms with Crippen molar-refractivity contribution in [3.63, 3.8) is 0 Å². The average Bonchev–Trinajstić information content (AvgIpc) is 2.42. The molecule has 0 aromatic heterocycles. The zero-order valence-electron chi connectivity index (χ0n) is 10.1. The molecule has 0 aliphatic carbocycles. The van der Waals surface area contributed by atoms with Crippen molar-refractivity contribution in [3.05, 3.63) is 59.7 Å². The van der Waals surface area contributed by atoms with E-state index in [1.807, 2.05) is 0 Å². The van der Waals surface area contributed by atoms with Crippen LogP contribution < -0.4 is 10.1 Å². The fourth-order valence-corrected chi connectivity index (χ4v) is 1.58. The summed E-state index contributed by atoms with van der Waals surface area (Å²) in [5.41, 5.74) is 0.0934. The van der Waals surface area contributed by atoms with E-state index in [4.69, 9.17) is 4.74 Å². The first-order valence-electron chi connectivity index (χ1n) is 5.51. The molecule has 0 unspecified atom stereocenters. The van der Waals surface area contributed by atoms with Gasteiger partial charge in [0, 0.05) is 11.8 Å². The van der Waals surface area contributed by atoms with Crippen LogP contribution in [0.2, 0.25) is 0 Å². The van der Waals surface area contributed by atoms with E-state index in [2.05, 4.69) is 5.32 Å². The highest BCUT2D eigenvalue weighted by Crippen LogP contribution is 2.18. The molecular formula is C14H11F2NO2. The molecule has 0 aliphatic heterocycles. The van der Waals surface area contributed by atoms with Crippen LogP contribution in [-0.4, -0.2) is 13.0 Å². The zero-order chi connectivity index (χ0) is 13.8. The molecule has 0 radical (unpaired) electrons. The number of hydrogen-bond acceptors (Lipinski definition) is 2. The summed E-state index contributed by atoms with van der Waals surface area (Å²) in [6, 6.07) is 10.0. The van der Waals surface area contributed by atoms with Gasteiger partial charge in [0.25, 0.3) is 5.91 Å². The van der Waals surface area contributed by atoms with Crippen molar-refractivity contribution < 1.29 is 18.3 Å². The fourth-order valence-electron chi connectivity index (χ4n) is 1.58. The lowest BCUT2D eigenvalue weighted by Gasteiger charge is -2.07. The molecule has 0 spiro atoms. The predicted molar refractivity (Wildman–Crippen MR) is 67.3 cm³/mol. The van der Waals surface area contributed by atoms with Crippen LogP contribution in [0.5, 0.6) is 5.75 Å². The second kappa shape index (κ2) is 5.48. The van der Waals surface area contributed by atoms with Crippen molar-refractivity contribution in [1.82, 2.24) is 0 Å². The summed E-state index contributed by atoms with van der Waals surface area (Å²) in [4.78, 5) is 11.8. The Kier molecular flexibility index (Phi) is 3.75. The first-order chi connectivity index (χ1) is 9.11. The van der Waals surface area contributed by atoms with E-state index >= 15 is 0 Å². The Morgan fingerprint density at radius 1 is 1.16 bits per heavy atom. The largest absolute Gasteiger partial charge is 0.497 e. The van der Waals surface area contributed by atoms with Gasteiger partial charge in [-0.2, -0.15) is 0 Å². The summed E-state index contributed by atoms with van der Waals surface area (Å²) >= 11 is 0. The third-order valence-electron chi connectivity index (χ3n) is 2.52. The molecule has 5 heteroatoms. The molecule has 2 aromatic rings. The highest BCUT2D eigenvalue weighted by molar-refractivity contribution is 6.04. The molecule has 2 aromatic carbocycles. The lowest BCUT2D eigenvalue weighted by molar-refractivity contribution is 0.102. The number of rotatable bonds is 3. The summed E-state index contributed by atoms with van der Waals surface area (Å²) in [7, 11) is 1.49. The lowest BCUT2D eigenvalue weighted by Crippen LogP contribution is -2.14. The van der Waals surface area contributed by atoms with Gasteiger partial charge in [-0.3, -0.25) is 4.79 Å². The summed E-state index contributed by atoms with van der Waals surface area (Å²) in [6.07, 6.45) is 0. The van der Waals surface area contributed by atoms with Gasteiger partial charge in [-0.15, -0.1) is 0 Å². The first kappa shape index (κ1) is 13.0. The van der Waals surface area contributed by atoms with E-state index < -0.39 is 17.5 Å². The molecule has 2 rings (SSSR count). The number of hydrogen-bond donors (Lipinski definition) is 1. The number of nitrogens with one attached hydrogen (secondary N) is 1. The van der Waals surface area contributed by atoms with Crippen LogP contribution in [0.3, 0.4) is 0 Å². The molecule has 1 N–H and O–H groups in total. The average molecular weight is 263 g/mol. The molecule has 0 saturated carbocycles. The van der Waals surface area contributed by atoms with Gasteiger partial charge in [-0.1, -0.05) is 12.1 Å². The minimum absolute atomic E-state index is 0.345. The van der Waals surface area contributed by atoms with E-state index in [-0.39, 0.29) is 5.56 Å². The van der Waals surface area contributed by atoms with Gasteiger partial charge in [-0.05, 0) is 24.3 Å². The fraction of sp³-hybridized carbons (Fsp3) is 0.0714. The highest BCUT2D eigenvalue weighted by atomic mass is 19.2. The Labute approximate surface area is 108 Å². The zero-order valence-corrected chi connectivity index (χ0v) is 10.1. The second-order valence-electron chi connectivity index (χ2n) is 3.79. The van der Waals surface area contributed by atoms with Gasteiger partial charge in [-0.25, -0.2) is 8.78 Å². The monoisotopic (exact) mass is 263 g/mol. The molecule has 0 aliphatic rings. The Balaban J connectivity index is 2.23. The van der Waals surface area contributed by atoms with Gasteiger partial charge in [0.05, 0.1) is 12.7 Å². The summed E-state index contributed by atoms with van der Waals surface area (Å²) < 4.78 is 31.5. The van der Waals surface area contributed by atoms with Crippen LogP contribution in [0, 0.1) is 11.6 Å². The minimum Gasteiger partial charge on any atom is -0.497 e. The number of methoxy groups -OCH3 is 1. The maximum absolute atomic E-state index is 13.4. The minimum atomic E-state index is -1.16. The molecule has 0 atom stereocenters. The summed E-state index contributed by atoms with van der Waals surface area (Å²) in [6.45, 7) is 0. The van der Waals surface area contributed by atoms with E-state index in [1.54, 1.807) is 24.3 Å². The van der Waals surface area contributed by atoms with Crippen LogP contribution in [0.25, 0.3) is 0 Å². The third kappa shape index (κ3) is 2.88. The molecule has 3 nitrogen and oxygen atoms in total. The number of ether oxygens (including phenoxy) is 1. The number of anilines is 1. The lowest BCUT2D eigenvalue weighted by atomic mass is 10.2. The Hall–Kier alpha value is -2.43. The number of carbonyl (C=O) groups is 1. The van der Waals surface area contributed by atoms with Crippen LogP contribution in [0.15, 0.2) is 42.5 Å². The van der Waals surface area contributed by atoms with E-state index in [0.29, 0.717) is 11.4 Å². The number of halogens is 2. The Morgan fingerprint density at radius 3 is 2.63 bits per heavy atom. The van der Waals surface area contributed by atoms with E-state index in [9.17, 15) is 13.6 Å². The third-order valence-corrected chi connectivity index (χ3v) is 2.52. The first-order valence-corrected chi connectivity index (χ1v) is 5.51. The number of carbonyl (C=O) groups excluding carboxylic acids is 1. The molecular weight excluding hydrogens is 252 g/mol. The number of benzene rings is 2. The van der Waals surface area contributed by atoms with Gasteiger partial charge in [0.1, 0.15) is 5.75 Å². The predicted octanol–water partition coefficient (Wildman–Crippen LogP) is 3.23. The van der Waals surface area contributed by atoms with Crippen molar-refractivity contribution >= 4 is 11.6 Å². The maximum Gasteiger partial charge on any atom is 0.258 e. The summed E-state index contributed by atoms with van der Waals surface area (Å²) in [5.74, 6) is -2.39. The van der Waals surface area contributed by atoms with E-state index in [1.165, 1.54) is 19.2 Å². The molecule has 19 heavy (non-hydrogen) atoms. The molecule has 1 amide bonds. The topological polar surface area (TPSA) is 38.3 Å². The highest BCUT2D eigenvalue weighted by Gasteiger charge is 2.15. The number of amides is 1. The Bertz CT molecular complexity index is 614. The molecule has 0 saturated heterocycles. The summed E-state index contributed by atoms with van der Waals surface area (Å²) in [5, 5.41) is 2.48. The van der Waals surface area contributed by atoms with Gasteiger partial charge in [0.2, 0.25) is 0 Å². The van der Waals surface area contributed by atoms with Crippen LogP contribution in [0.1, 0.15) is 10.4 Å². The van der Waals surface area contributed by atoms with Crippen LogP contribution in [0.4, 0.5) is 14.5 Å². The molecule has 98 valence electrons. The van der Waals surface area contributed by atoms with Crippen LogP contribution >= 0.6 is 0 Å². The van der Waals surface area contributed by atoms with Crippen LogP contribution in [-0.2, 0) is 0 Å². The van der Waals surface area contributed by atoms with Gasteiger partial charge >= 0.3 is 0 Å². The Morgan fingerprint density at radius 2 is 1.89 bits per heavy atom. The quantitative estimate of drug-likeness (QED) is 0.923. The molecule has 0 heterocycles. The van der Waals surface area contributed by atoms with Crippen molar-refractivity contribution in [2.45, 2.75) is 0 Å². The van der Waals surface area contributed by atoms with Crippen molar-refractivity contribution in [2.75, 3.05) is 12.4 Å². The second-order valence-corrected chi connectivity index (χ2v) is 3.79. The van der Waals surface area contributed by atoms with Crippen molar-refractivity contribution in [3.8, 4) is 5.75 Å². The van der Waals surface area contributed by atoms with E-state index in [0.717, 1.165) is 6.07 Å². The van der Waals surface area contributed by atoms with Gasteiger partial charge in [0.15, 0.2) is 11.6 Å². The van der Waals surface area contributed by atoms with Gasteiger partial charge < -0.3 is 10.1 Å². The SMILES string of the molecule is COc1cccc(NC(=O)c2cccc(F)c2F)c1.